The predicted molar refractivity (Wildman–Crippen MR) is 111 cm³/mol. The molecule has 3 rings (SSSR count). The predicted octanol–water partition coefficient (Wildman–Crippen LogP) is 3.63. The van der Waals surface area contributed by atoms with Crippen LogP contribution in [0.2, 0.25) is 0 Å². The van der Waals surface area contributed by atoms with Gasteiger partial charge in [-0.1, -0.05) is 44.0 Å². The number of benzene rings is 2. The zero-order chi connectivity index (χ0) is 20.8. The molecule has 0 radical (unpaired) electrons. The summed E-state index contributed by atoms with van der Waals surface area (Å²) in [4.78, 5) is 37.4. The van der Waals surface area contributed by atoms with Gasteiger partial charge in [-0.2, -0.15) is 5.10 Å². The van der Waals surface area contributed by atoms with E-state index in [1.54, 1.807) is 42.5 Å². The number of carbonyl (C=O) groups is 2. The fourth-order valence-electron chi connectivity index (χ4n) is 3.10. The molecule has 0 saturated heterocycles. The first-order valence-electron chi connectivity index (χ1n) is 9.54. The van der Waals surface area contributed by atoms with Crippen molar-refractivity contribution < 1.29 is 14.3 Å². The summed E-state index contributed by atoms with van der Waals surface area (Å²) in [5.74, 6) is -0.943. The number of hydrogen-bond acceptors (Lipinski definition) is 5. The molecular formula is C22H23N3O4. The first kappa shape index (κ1) is 20.3. The summed E-state index contributed by atoms with van der Waals surface area (Å²) in [5, 5.41) is 8.04. The molecule has 2 aromatic carbocycles. The van der Waals surface area contributed by atoms with Crippen molar-refractivity contribution in [3.63, 3.8) is 0 Å². The third kappa shape index (κ3) is 4.51. The summed E-state index contributed by atoms with van der Waals surface area (Å²) in [5.41, 5.74) is 0.723. The standard InChI is InChI=1S/C22H23N3O4/c1-3-4-7-13-25-21(27)18-12-6-5-11-17(18)19(24-25)20(26)23-16-10-8-9-15(14-16)22(28)29-2/h5-6,8-12,14H,3-4,7,13H2,1-2H3,(H,23,26). The number of carbonyl (C=O) groups excluding carboxylic acids is 2. The first-order chi connectivity index (χ1) is 14.0. The number of unbranched alkanes of at least 4 members (excludes halogenated alkanes) is 2. The topological polar surface area (TPSA) is 90.3 Å². The molecule has 0 unspecified atom stereocenters. The van der Waals surface area contributed by atoms with Gasteiger partial charge in [0.2, 0.25) is 0 Å². The van der Waals surface area contributed by atoms with Crippen LogP contribution < -0.4 is 10.9 Å². The van der Waals surface area contributed by atoms with E-state index in [0.717, 1.165) is 19.3 Å². The minimum absolute atomic E-state index is 0.167. The summed E-state index contributed by atoms with van der Waals surface area (Å²) < 4.78 is 6.07. The van der Waals surface area contributed by atoms with E-state index in [0.29, 0.717) is 28.6 Å². The van der Waals surface area contributed by atoms with E-state index < -0.39 is 11.9 Å². The van der Waals surface area contributed by atoms with Crippen LogP contribution in [0.4, 0.5) is 5.69 Å². The smallest absolute Gasteiger partial charge is 0.337 e. The van der Waals surface area contributed by atoms with Gasteiger partial charge in [0, 0.05) is 17.6 Å². The zero-order valence-corrected chi connectivity index (χ0v) is 16.5. The van der Waals surface area contributed by atoms with Gasteiger partial charge in [0.1, 0.15) is 0 Å². The number of aryl methyl sites for hydroxylation is 1. The first-order valence-corrected chi connectivity index (χ1v) is 9.54. The van der Waals surface area contributed by atoms with Crippen LogP contribution in [0.25, 0.3) is 10.8 Å². The number of rotatable bonds is 7. The van der Waals surface area contributed by atoms with Crippen molar-refractivity contribution in [2.24, 2.45) is 0 Å². The second kappa shape index (κ2) is 9.14. The molecule has 7 heteroatoms. The normalized spacial score (nSPS) is 10.7. The van der Waals surface area contributed by atoms with Crippen LogP contribution in [0.15, 0.2) is 53.3 Å². The zero-order valence-electron chi connectivity index (χ0n) is 16.5. The summed E-state index contributed by atoms with van der Waals surface area (Å²) >= 11 is 0. The maximum atomic E-state index is 13.0. The Morgan fingerprint density at radius 3 is 2.55 bits per heavy atom. The second-order valence-electron chi connectivity index (χ2n) is 6.66. The van der Waals surface area contributed by atoms with Crippen LogP contribution in [0, 0.1) is 0 Å². The molecule has 0 aliphatic rings. The molecule has 0 saturated carbocycles. The highest BCUT2D eigenvalue weighted by molar-refractivity contribution is 6.11. The van der Waals surface area contributed by atoms with Gasteiger partial charge < -0.3 is 10.1 Å². The average Bonchev–Trinajstić information content (AvgIpc) is 2.75. The van der Waals surface area contributed by atoms with Crippen molar-refractivity contribution in [3.05, 3.63) is 70.1 Å². The van der Waals surface area contributed by atoms with E-state index in [1.165, 1.54) is 17.9 Å². The van der Waals surface area contributed by atoms with Crippen LogP contribution in [0.3, 0.4) is 0 Å². The molecule has 0 aliphatic carbocycles. The van der Waals surface area contributed by atoms with Gasteiger partial charge in [0.05, 0.1) is 18.1 Å². The summed E-state index contributed by atoms with van der Waals surface area (Å²) in [6, 6.07) is 13.4. The van der Waals surface area contributed by atoms with Crippen molar-refractivity contribution in [1.29, 1.82) is 0 Å². The number of hydrogen-bond donors (Lipinski definition) is 1. The maximum Gasteiger partial charge on any atom is 0.337 e. The van der Waals surface area contributed by atoms with Crippen LogP contribution in [-0.4, -0.2) is 28.8 Å². The Balaban J connectivity index is 1.98. The summed E-state index contributed by atoms with van der Waals surface area (Å²) in [6.07, 6.45) is 2.80. The number of anilines is 1. The number of methoxy groups -OCH3 is 1. The van der Waals surface area contributed by atoms with E-state index in [9.17, 15) is 14.4 Å². The lowest BCUT2D eigenvalue weighted by molar-refractivity contribution is 0.0600. The molecule has 0 fully saturated rings. The van der Waals surface area contributed by atoms with E-state index >= 15 is 0 Å². The summed E-state index contributed by atoms with van der Waals surface area (Å²) in [6.45, 7) is 2.54. The maximum absolute atomic E-state index is 13.0. The monoisotopic (exact) mass is 393 g/mol. The average molecular weight is 393 g/mol. The van der Waals surface area contributed by atoms with Crippen LogP contribution in [0.1, 0.15) is 47.0 Å². The number of aromatic nitrogens is 2. The largest absolute Gasteiger partial charge is 0.465 e. The van der Waals surface area contributed by atoms with Gasteiger partial charge in [0.15, 0.2) is 5.69 Å². The van der Waals surface area contributed by atoms with Crippen molar-refractivity contribution in [2.45, 2.75) is 32.7 Å². The number of amides is 1. The molecule has 0 bridgehead atoms. The van der Waals surface area contributed by atoms with Crippen molar-refractivity contribution in [3.8, 4) is 0 Å². The molecule has 150 valence electrons. The van der Waals surface area contributed by atoms with Gasteiger partial charge in [-0.25, -0.2) is 9.48 Å². The Morgan fingerprint density at radius 1 is 1.07 bits per heavy atom. The Kier molecular flexibility index (Phi) is 6.39. The highest BCUT2D eigenvalue weighted by Gasteiger charge is 2.17. The molecule has 0 spiro atoms. The lowest BCUT2D eigenvalue weighted by atomic mass is 10.1. The van der Waals surface area contributed by atoms with Gasteiger partial charge in [0.25, 0.3) is 11.5 Å². The Labute approximate surface area is 168 Å². The lowest BCUT2D eigenvalue weighted by Crippen LogP contribution is -2.27. The highest BCUT2D eigenvalue weighted by atomic mass is 16.5. The Morgan fingerprint density at radius 2 is 1.83 bits per heavy atom. The van der Waals surface area contributed by atoms with E-state index in [2.05, 4.69) is 17.3 Å². The molecule has 1 N–H and O–H groups in total. The second-order valence-corrected chi connectivity index (χ2v) is 6.66. The molecular weight excluding hydrogens is 370 g/mol. The van der Waals surface area contributed by atoms with E-state index in [4.69, 9.17) is 4.74 Å². The van der Waals surface area contributed by atoms with Gasteiger partial charge in [-0.15, -0.1) is 0 Å². The number of nitrogens with zero attached hydrogens (tertiary/aromatic N) is 2. The van der Waals surface area contributed by atoms with Crippen LogP contribution >= 0.6 is 0 Å². The number of ether oxygens (including phenoxy) is 1. The van der Waals surface area contributed by atoms with Gasteiger partial charge in [-0.3, -0.25) is 9.59 Å². The lowest BCUT2D eigenvalue weighted by Gasteiger charge is -2.11. The summed E-state index contributed by atoms with van der Waals surface area (Å²) in [7, 11) is 1.30. The Bertz CT molecular complexity index is 1100. The van der Waals surface area contributed by atoms with E-state index in [-0.39, 0.29) is 11.3 Å². The highest BCUT2D eigenvalue weighted by Crippen LogP contribution is 2.17. The minimum atomic E-state index is -0.492. The number of fused-ring (bicyclic) bond motifs is 1. The fourth-order valence-corrected chi connectivity index (χ4v) is 3.10. The van der Waals surface area contributed by atoms with Crippen LogP contribution in [0.5, 0.6) is 0 Å². The molecule has 7 nitrogen and oxygen atoms in total. The fraction of sp³-hybridized carbons (Fsp3) is 0.273. The van der Waals surface area contributed by atoms with E-state index in [1.807, 2.05) is 0 Å². The number of esters is 1. The molecule has 1 amide bonds. The molecule has 3 aromatic rings. The molecule has 29 heavy (non-hydrogen) atoms. The third-order valence-corrected chi connectivity index (χ3v) is 4.60. The quantitative estimate of drug-likeness (QED) is 0.489. The third-order valence-electron chi connectivity index (χ3n) is 4.60. The minimum Gasteiger partial charge on any atom is -0.465 e. The SMILES string of the molecule is CCCCCn1nc(C(=O)Nc2cccc(C(=O)OC)c2)c2ccccc2c1=O. The van der Waals surface area contributed by atoms with Crippen LogP contribution in [-0.2, 0) is 11.3 Å². The van der Waals surface area contributed by atoms with Gasteiger partial charge >= 0.3 is 5.97 Å². The molecule has 0 atom stereocenters. The van der Waals surface area contributed by atoms with Crippen molar-refractivity contribution >= 4 is 28.3 Å². The van der Waals surface area contributed by atoms with Gasteiger partial charge in [-0.05, 0) is 30.7 Å². The van der Waals surface area contributed by atoms with Crippen molar-refractivity contribution in [1.82, 2.24) is 9.78 Å². The number of nitrogens with one attached hydrogen (secondary N) is 1. The molecule has 1 aromatic heterocycles. The molecule has 0 aliphatic heterocycles. The van der Waals surface area contributed by atoms with Crippen molar-refractivity contribution in [2.75, 3.05) is 12.4 Å². The molecule has 1 heterocycles. The Hall–Kier alpha value is -3.48.